The topological polar surface area (TPSA) is 21.3 Å². The first-order chi connectivity index (χ1) is 9.67. The standard InChI is InChI=1S/C16H23Cl2NO/c1-3-20-15-10-13(17)12(9-14(15)18)16(19-2)11-7-5-4-6-8-11/h9-11,16,19H,3-8H2,1-2H3. The maximum absolute atomic E-state index is 6.45. The van der Waals surface area contributed by atoms with Crippen LogP contribution < -0.4 is 10.1 Å². The molecule has 2 rings (SSSR count). The number of rotatable bonds is 5. The Balaban J connectivity index is 2.27. The molecule has 0 radical (unpaired) electrons. The molecule has 0 aromatic heterocycles. The van der Waals surface area contributed by atoms with Crippen molar-refractivity contribution in [2.24, 2.45) is 5.92 Å². The predicted molar refractivity (Wildman–Crippen MR) is 86.0 cm³/mol. The van der Waals surface area contributed by atoms with Gasteiger partial charge in [0.1, 0.15) is 5.75 Å². The summed E-state index contributed by atoms with van der Waals surface area (Å²) >= 11 is 12.8. The Morgan fingerprint density at radius 2 is 1.90 bits per heavy atom. The second-order valence-electron chi connectivity index (χ2n) is 5.40. The number of hydrogen-bond donors (Lipinski definition) is 1. The molecule has 0 aliphatic heterocycles. The van der Waals surface area contributed by atoms with Gasteiger partial charge in [-0.2, -0.15) is 0 Å². The highest BCUT2D eigenvalue weighted by molar-refractivity contribution is 6.34. The zero-order valence-electron chi connectivity index (χ0n) is 12.2. The molecule has 20 heavy (non-hydrogen) atoms. The lowest BCUT2D eigenvalue weighted by molar-refractivity contribution is 0.281. The van der Waals surface area contributed by atoms with Crippen LogP contribution in [0.1, 0.15) is 50.6 Å². The van der Waals surface area contributed by atoms with Crippen LogP contribution in [0.15, 0.2) is 12.1 Å². The highest BCUT2D eigenvalue weighted by atomic mass is 35.5. The van der Waals surface area contributed by atoms with E-state index in [1.54, 1.807) is 0 Å². The largest absolute Gasteiger partial charge is 0.492 e. The van der Waals surface area contributed by atoms with Gasteiger partial charge in [0.05, 0.1) is 11.6 Å². The van der Waals surface area contributed by atoms with Gasteiger partial charge in [-0.3, -0.25) is 0 Å². The fraction of sp³-hybridized carbons (Fsp3) is 0.625. The minimum absolute atomic E-state index is 0.274. The highest BCUT2D eigenvalue weighted by Crippen LogP contribution is 2.40. The van der Waals surface area contributed by atoms with Gasteiger partial charge < -0.3 is 10.1 Å². The Morgan fingerprint density at radius 3 is 2.50 bits per heavy atom. The van der Waals surface area contributed by atoms with E-state index in [1.165, 1.54) is 32.1 Å². The van der Waals surface area contributed by atoms with Crippen molar-refractivity contribution in [1.82, 2.24) is 5.32 Å². The zero-order valence-corrected chi connectivity index (χ0v) is 13.7. The van der Waals surface area contributed by atoms with Gasteiger partial charge in [0.25, 0.3) is 0 Å². The third-order valence-corrected chi connectivity index (χ3v) is 4.74. The van der Waals surface area contributed by atoms with Crippen molar-refractivity contribution in [3.63, 3.8) is 0 Å². The third kappa shape index (κ3) is 3.60. The Labute approximate surface area is 131 Å². The summed E-state index contributed by atoms with van der Waals surface area (Å²) in [6.07, 6.45) is 6.49. The summed E-state index contributed by atoms with van der Waals surface area (Å²) in [6, 6.07) is 4.08. The molecule has 2 nitrogen and oxygen atoms in total. The van der Waals surface area contributed by atoms with E-state index in [0.29, 0.717) is 23.3 Å². The summed E-state index contributed by atoms with van der Waals surface area (Å²) < 4.78 is 5.49. The first-order valence-corrected chi connectivity index (χ1v) is 8.22. The van der Waals surface area contributed by atoms with Crippen molar-refractivity contribution in [2.45, 2.75) is 45.1 Å². The average molecular weight is 316 g/mol. The molecule has 1 aliphatic rings. The lowest BCUT2D eigenvalue weighted by Crippen LogP contribution is -2.27. The monoisotopic (exact) mass is 315 g/mol. The summed E-state index contributed by atoms with van der Waals surface area (Å²) in [4.78, 5) is 0. The summed E-state index contributed by atoms with van der Waals surface area (Å²) in [5.74, 6) is 1.31. The molecule has 0 amide bonds. The zero-order chi connectivity index (χ0) is 14.5. The van der Waals surface area contributed by atoms with Crippen molar-refractivity contribution in [3.05, 3.63) is 27.7 Å². The highest BCUT2D eigenvalue weighted by Gasteiger charge is 2.26. The summed E-state index contributed by atoms with van der Waals surface area (Å²) in [7, 11) is 2.00. The van der Waals surface area contributed by atoms with Crippen molar-refractivity contribution in [2.75, 3.05) is 13.7 Å². The normalized spacial score (nSPS) is 18.0. The molecule has 1 saturated carbocycles. The van der Waals surface area contributed by atoms with Crippen molar-refractivity contribution in [1.29, 1.82) is 0 Å². The minimum atomic E-state index is 0.274. The molecule has 0 saturated heterocycles. The van der Waals surface area contributed by atoms with E-state index < -0.39 is 0 Å². The van der Waals surface area contributed by atoms with Crippen LogP contribution in [0.4, 0.5) is 0 Å². The van der Waals surface area contributed by atoms with E-state index in [1.807, 2.05) is 26.1 Å². The van der Waals surface area contributed by atoms with Gasteiger partial charge in [0, 0.05) is 17.1 Å². The Hall–Kier alpha value is -0.440. The van der Waals surface area contributed by atoms with Crippen molar-refractivity contribution < 1.29 is 4.74 Å². The van der Waals surface area contributed by atoms with Gasteiger partial charge in [0.2, 0.25) is 0 Å². The van der Waals surface area contributed by atoms with Gasteiger partial charge >= 0.3 is 0 Å². The van der Waals surface area contributed by atoms with Crippen LogP contribution in [0.5, 0.6) is 5.75 Å². The van der Waals surface area contributed by atoms with Crippen LogP contribution in [0.2, 0.25) is 10.0 Å². The van der Waals surface area contributed by atoms with E-state index in [9.17, 15) is 0 Å². The first kappa shape index (κ1) is 15.9. The molecule has 0 spiro atoms. The molecule has 1 aromatic rings. The molecule has 1 fully saturated rings. The number of ether oxygens (including phenoxy) is 1. The Bertz CT molecular complexity index is 444. The molecule has 0 bridgehead atoms. The molecular weight excluding hydrogens is 293 g/mol. The van der Waals surface area contributed by atoms with E-state index in [0.717, 1.165) is 10.6 Å². The minimum Gasteiger partial charge on any atom is -0.492 e. The second-order valence-corrected chi connectivity index (χ2v) is 6.22. The average Bonchev–Trinajstić information content (AvgIpc) is 2.46. The lowest BCUT2D eigenvalue weighted by atomic mass is 9.81. The quantitative estimate of drug-likeness (QED) is 0.803. The second kappa shape index (κ2) is 7.53. The Kier molecular flexibility index (Phi) is 6.01. The molecular formula is C16H23Cl2NO. The first-order valence-electron chi connectivity index (χ1n) is 7.46. The van der Waals surface area contributed by atoms with Crippen LogP contribution in [0.3, 0.4) is 0 Å². The summed E-state index contributed by atoms with van der Waals surface area (Å²) in [5, 5.41) is 4.80. The van der Waals surface area contributed by atoms with E-state index in [2.05, 4.69) is 5.32 Å². The number of hydrogen-bond acceptors (Lipinski definition) is 2. The van der Waals surface area contributed by atoms with Crippen LogP contribution in [0.25, 0.3) is 0 Å². The van der Waals surface area contributed by atoms with Gasteiger partial charge in [-0.15, -0.1) is 0 Å². The molecule has 1 aromatic carbocycles. The van der Waals surface area contributed by atoms with Crippen LogP contribution in [-0.4, -0.2) is 13.7 Å². The smallest absolute Gasteiger partial charge is 0.139 e. The number of nitrogens with one attached hydrogen (secondary N) is 1. The lowest BCUT2D eigenvalue weighted by Gasteiger charge is -2.31. The van der Waals surface area contributed by atoms with Gasteiger partial charge in [-0.1, -0.05) is 42.5 Å². The van der Waals surface area contributed by atoms with Gasteiger partial charge in [-0.25, -0.2) is 0 Å². The SMILES string of the molecule is CCOc1cc(Cl)c(C(NC)C2CCCCC2)cc1Cl. The third-order valence-electron chi connectivity index (χ3n) is 4.12. The van der Waals surface area contributed by atoms with E-state index in [4.69, 9.17) is 27.9 Å². The molecule has 1 aliphatic carbocycles. The molecule has 0 heterocycles. The van der Waals surface area contributed by atoms with Gasteiger partial charge in [-0.05, 0) is 44.4 Å². The van der Waals surface area contributed by atoms with Gasteiger partial charge in [0.15, 0.2) is 0 Å². The fourth-order valence-electron chi connectivity index (χ4n) is 3.16. The Morgan fingerprint density at radius 1 is 1.20 bits per heavy atom. The van der Waals surface area contributed by atoms with Crippen molar-refractivity contribution >= 4 is 23.2 Å². The molecule has 4 heteroatoms. The van der Waals surface area contributed by atoms with E-state index in [-0.39, 0.29) is 6.04 Å². The summed E-state index contributed by atoms with van der Waals surface area (Å²) in [6.45, 7) is 2.53. The van der Waals surface area contributed by atoms with Crippen molar-refractivity contribution in [3.8, 4) is 5.75 Å². The molecule has 112 valence electrons. The van der Waals surface area contributed by atoms with Crippen LogP contribution in [0, 0.1) is 5.92 Å². The van der Waals surface area contributed by atoms with Crippen LogP contribution in [-0.2, 0) is 0 Å². The maximum Gasteiger partial charge on any atom is 0.139 e. The molecule has 1 N–H and O–H groups in total. The number of benzene rings is 1. The predicted octanol–water partition coefficient (Wildman–Crippen LogP) is 5.23. The molecule has 1 unspecified atom stereocenters. The molecule has 1 atom stereocenters. The maximum atomic E-state index is 6.45. The number of halogens is 2. The summed E-state index contributed by atoms with van der Waals surface area (Å²) in [5.41, 5.74) is 1.09. The fourth-order valence-corrected chi connectivity index (χ4v) is 3.66. The van der Waals surface area contributed by atoms with Crippen LogP contribution >= 0.6 is 23.2 Å². The van der Waals surface area contributed by atoms with E-state index >= 15 is 0 Å².